The highest BCUT2D eigenvalue weighted by atomic mass is 16.3. The number of aliphatic hydroxyl groups is 1. The molecule has 0 fully saturated rings. The van der Waals surface area contributed by atoms with Crippen LogP contribution < -0.4 is 5.32 Å². The van der Waals surface area contributed by atoms with Crippen LogP contribution in [-0.4, -0.2) is 23.7 Å². The van der Waals surface area contributed by atoms with Crippen molar-refractivity contribution >= 4 is 5.91 Å². The van der Waals surface area contributed by atoms with E-state index >= 15 is 0 Å². The van der Waals surface area contributed by atoms with Crippen molar-refractivity contribution in [1.82, 2.24) is 5.32 Å². The van der Waals surface area contributed by atoms with Crippen LogP contribution in [0.15, 0.2) is 24.3 Å². The maximum atomic E-state index is 11.4. The molecule has 1 amide bonds. The Morgan fingerprint density at radius 3 is 3.00 bits per heavy atom. The van der Waals surface area contributed by atoms with Crippen LogP contribution in [0.4, 0.5) is 0 Å². The number of hydrogen-bond acceptors (Lipinski definition) is 2. The molecule has 0 bridgehead atoms. The second-order valence-electron chi connectivity index (χ2n) is 3.21. The van der Waals surface area contributed by atoms with Gasteiger partial charge in [0, 0.05) is 5.56 Å². The van der Waals surface area contributed by atoms with E-state index in [-0.39, 0.29) is 18.6 Å². The number of aliphatic hydroxyl groups excluding tert-OH is 1. The summed E-state index contributed by atoms with van der Waals surface area (Å²) >= 11 is 0. The molecule has 0 unspecified atom stereocenters. The van der Waals surface area contributed by atoms with Crippen molar-refractivity contribution in [3.05, 3.63) is 35.4 Å². The molecule has 3 heteroatoms. The summed E-state index contributed by atoms with van der Waals surface area (Å²) in [6.45, 7) is 0.0000737. The fourth-order valence-corrected chi connectivity index (χ4v) is 1.61. The lowest BCUT2D eigenvalue weighted by atomic mass is 9.96. The van der Waals surface area contributed by atoms with E-state index in [1.807, 2.05) is 18.2 Å². The second kappa shape index (κ2) is 3.18. The second-order valence-corrected chi connectivity index (χ2v) is 3.21. The zero-order chi connectivity index (χ0) is 9.26. The Labute approximate surface area is 76.4 Å². The van der Waals surface area contributed by atoms with Gasteiger partial charge in [0.25, 0.3) is 5.91 Å². The molecule has 13 heavy (non-hydrogen) atoms. The van der Waals surface area contributed by atoms with Crippen LogP contribution in [0.25, 0.3) is 0 Å². The van der Waals surface area contributed by atoms with Gasteiger partial charge in [-0.05, 0) is 18.1 Å². The zero-order valence-electron chi connectivity index (χ0n) is 7.16. The third kappa shape index (κ3) is 1.42. The van der Waals surface area contributed by atoms with Crippen molar-refractivity contribution in [2.75, 3.05) is 6.61 Å². The fourth-order valence-electron chi connectivity index (χ4n) is 1.61. The van der Waals surface area contributed by atoms with Gasteiger partial charge in [0.2, 0.25) is 0 Å². The van der Waals surface area contributed by atoms with Crippen LogP contribution >= 0.6 is 0 Å². The molecule has 0 saturated heterocycles. The third-order valence-electron chi connectivity index (χ3n) is 2.28. The van der Waals surface area contributed by atoms with Crippen molar-refractivity contribution in [1.29, 1.82) is 0 Å². The fraction of sp³-hybridized carbons (Fsp3) is 0.300. The van der Waals surface area contributed by atoms with E-state index in [9.17, 15) is 4.79 Å². The van der Waals surface area contributed by atoms with Gasteiger partial charge in [0.15, 0.2) is 0 Å². The van der Waals surface area contributed by atoms with Crippen LogP contribution in [0.5, 0.6) is 0 Å². The molecule has 1 aromatic carbocycles. The van der Waals surface area contributed by atoms with E-state index < -0.39 is 0 Å². The summed E-state index contributed by atoms with van der Waals surface area (Å²) in [6, 6.07) is 7.36. The number of benzene rings is 1. The number of rotatable bonds is 1. The molecule has 1 heterocycles. The summed E-state index contributed by atoms with van der Waals surface area (Å²) in [6.07, 6.45) is 0.721. The summed E-state index contributed by atoms with van der Waals surface area (Å²) in [7, 11) is 0. The molecule has 0 aromatic heterocycles. The molecule has 1 atom stereocenters. The lowest BCUT2D eigenvalue weighted by Gasteiger charge is -2.23. The molecule has 1 aromatic rings. The van der Waals surface area contributed by atoms with Crippen molar-refractivity contribution in [3.8, 4) is 0 Å². The van der Waals surface area contributed by atoms with Gasteiger partial charge >= 0.3 is 0 Å². The van der Waals surface area contributed by atoms with E-state index in [0.29, 0.717) is 0 Å². The Morgan fingerprint density at radius 1 is 1.46 bits per heavy atom. The van der Waals surface area contributed by atoms with Gasteiger partial charge in [-0.2, -0.15) is 0 Å². The minimum Gasteiger partial charge on any atom is -0.394 e. The summed E-state index contributed by atoms with van der Waals surface area (Å²) in [4.78, 5) is 11.4. The smallest absolute Gasteiger partial charge is 0.251 e. The van der Waals surface area contributed by atoms with E-state index in [0.717, 1.165) is 17.5 Å². The third-order valence-corrected chi connectivity index (χ3v) is 2.28. The maximum Gasteiger partial charge on any atom is 0.251 e. The summed E-state index contributed by atoms with van der Waals surface area (Å²) in [5.74, 6) is -0.0825. The number of hydrogen-bond donors (Lipinski definition) is 2. The van der Waals surface area contributed by atoms with Crippen LogP contribution in [0.3, 0.4) is 0 Å². The molecule has 0 saturated carbocycles. The van der Waals surface area contributed by atoms with Gasteiger partial charge in [0.1, 0.15) is 0 Å². The minimum atomic E-state index is -0.123. The molecule has 0 radical (unpaired) electrons. The largest absolute Gasteiger partial charge is 0.394 e. The van der Waals surface area contributed by atoms with Crippen molar-refractivity contribution < 1.29 is 9.90 Å². The molecule has 1 aliphatic heterocycles. The molecule has 68 valence electrons. The van der Waals surface area contributed by atoms with Gasteiger partial charge in [-0.25, -0.2) is 0 Å². The number of amides is 1. The molecule has 0 aliphatic carbocycles. The Balaban J connectivity index is 2.37. The lowest BCUT2D eigenvalue weighted by Crippen LogP contribution is -2.43. The predicted octanol–water partition coefficient (Wildman–Crippen LogP) is 0.333. The SMILES string of the molecule is O=C1N[C@@H](CO)Cc2ccccc21. The van der Waals surface area contributed by atoms with Crippen molar-refractivity contribution in [2.45, 2.75) is 12.5 Å². The number of nitrogens with one attached hydrogen (secondary N) is 1. The van der Waals surface area contributed by atoms with Crippen LogP contribution in [0.2, 0.25) is 0 Å². The first-order valence-electron chi connectivity index (χ1n) is 4.31. The van der Waals surface area contributed by atoms with Gasteiger partial charge in [-0.15, -0.1) is 0 Å². The molecular formula is C10H11NO2. The van der Waals surface area contributed by atoms with Gasteiger partial charge in [0.05, 0.1) is 12.6 Å². The molecular weight excluding hydrogens is 166 g/mol. The highest BCUT2D eigenvalue weighted by molar-refractivity contribution is 5.96. The van der Waals surface area contributed by atoms with Gasteiger partial charge in [-0.3, -0.25) is 4.79 Å². The maximum absolute atomic E-state index is 11.4. The first-order valence-corrected chi connectivity index (χ1v) is 4.31. The van der Waals surface area contributed by atoms with E-state index in [1.54, 1.807) is 6.07 Å². The van der Waals surface area contributed by atoms with Crippen molar-refractivity contribution in [3.63, 3.8) is 0 Å². The van der Waals surface area contributed by atoms with Gasteiger partial charge < -0.3 is 10.4 Å². The molecule has 0 spiro atoms. The van der Waals surface area contributed by atoms with Crippen LogP contribution in [0.1, 0.15) is 15.9 Å². The first-order chi connectivity index (χ1) is 6.31. The minimum absolute atomic E-state index is 0.0000737. The lowest BCUT2D eigenvalue weighted by molar-refractivity contribution is 0.0901. The number of carbonyl (C=O) groups is 1. The highest BCUT2D eigenvalue weighted by Crippen LogP contribution is 2.15. The molecule has 3 nitrogen and oxygen atoms in total. The average molecular weight is 177 g/mol. The van der Waals surface area contributed by atoms with E-state index in [4.69, 9.17) is 5.11 Å². The summed E-state index contributed by atoms with van der Waals surface area (Å²) in [5.41, 5.74) is 1.75. The van der Waals surface area contributed by atoms with Crippen molar-refractivity contribution in [2.24, 2.45) is 0 Å². The molecule has 2 rings (SSSR count). The Kier molecular flexibility index (Phi) is 2.02. The predicted molar refractivity (Wildman–Crippen MR) is 48.5 cm³/mol. The topological polar surface area (TPSA) is 49.3 Å². The first kappa shape index (κ1) is 8.26. The highest BCUT2D eigenvalue weighted by Gasteiger charge is 2.22. The van der Waals surface area contributed by atoms with Crippen LogP contribution in [-0.2, 0) is 6.42 Å². The molecule has 2 N–H and O–H groups in total. The standard InChI is InChI=1S/C10H11NO2/c12-6-8-5-7-3-1-2-4-9(7)10(13)11-8/h1-4,8,12H,5-6H2,(H,11,13)/t8-/m1/s1. The van der Waals surface area contributed by atoms with E-state index in [1.165, 1.54) is 0 Å². The zero-order valence-corrected chi connectivity index (χ0v) is 7.16. The number of fused-ring (bicyclic) bond motifs is 1. The van der Waals surface area contributed by atoms with E-state index in [2.05, 4.69) is 5.32 Å². The number of carbonyl (C=O) groups excluding carboxylic acids is 1. The average Bonchev–Trinajstić information content (AvgIpc) is 2.18. The summed E-state index contributed by atoms with van der Waals surface area (Å²) < 4.78 is 0. The Hall–Kier alpha value is -1.35. The van der Waals surface area contributed by atoms with Gasteiger partial charge in [-0.1, -0.05) is 18.2 Å². The summed E-state index contributed by atoms with van der Waals surface area (Å²) in [5, 5.41) is 11.7. The quantitative estimate of drug-likeness (QED) is 0.649. The monoisotopic (exact) mass is 177 g/mol. The Bertz CT molecular complexity index is 335. The molecule has 1 aliphatic rings. The normalized spacial score (nSPS) is 20.7. The Morgan fingerprint density at radius 2 is 2.23 bits per heavy atom. The van der Waals surface area contributed by atoms with Crippen LogP contribution in [0, 0.1) is 0 Å².